The van der Waals surface area contributed by atoms with E-state index >= 15 is 0 Å². The predicted molar refractivity (Wildman–Crippen MR) is 162 cm³/mol. The van der Waals surface area contributed by atoms with Crippen molar-refractivity contribution in [1.82, 2.24) is 9.80 Å². The van der Waals surface area contributed by atoms with E-state index in [1.165, 1.54) is 29.5 Å². The highest BCUT2D eigenvalue weighted by atomic mass is 16.5. The predicted octanol–water partition coefficient (Wildman–Crippen LogP) is 6.19. The van der Waals surface area contributed by atoms with Crippen molar-refractivity contribution < 1.29 is 19.3 Å². The molecule has 0 saturated carbocycles. The number of likely N-dealkylation sites (N-methyl/N-ethyl adjacent to an activating group) is 2. The van der Waals surface area contributed by atoms with Gasteiger partial charge < -0.3 is 24.2 Å². The van der Waals surface area contributed by atoms with Gasteiger partial charge in [0.05, 0.1) is 14.2 Å². The van der Waals surface area contributed by atoms with Crippen molar-refractivity contribution in [2.45, 2.75) is 58.5 Å². The van der Waals surface area contributed by atoms with Crippen molar-refractivity contribution in [3.63, 3.8) is 0 Å². The van der Waals surface area contributed by atoms with Crippen LogP contribution in [0.5, 0.6) is 11.5 Å². The van der Waals surface area contributed by atoms with Crippen molar-refractivity contribution in [2.75, 3.05) is 47.5 Å². The van der Waals surface area contributed by atoms with Crippen molar-refractivity contribution in [1.29, 1.82) is 0 Å². The van der Waals surface area contributed by atoms with Gasteiger partial charge in [-0.2, -0.15) is 0 Å². The number of fused-ring (bicyclic) bond motifs is 1. The molecule has 2 unspecified atom stereocenters. The molecule has 0 fully saturated rings. The molecule has 0 radical (unpaired) electrons. The lowest BCUT2D eigenvalue weighted by Gasteiger charge is -2.41. The second-order valence-corrected chi connectivity index (χ2v) is 11.2. The van der Waals surface area contributed by atoms with Crippen LogP contribution in [0, 0.1) is 11.8 Å². The van der Waals surface area contributed by atoms with Crippen LogP contribution < -0.4 is 4.74 Å². The molecule has 1 N–H and O–H groups in total. The van der Waals surface area contributed by atoms with Gasteiger partial charge >= 0.3 is 0 Å². The molecule has 0 aromatic heterocycles. The third-order valence-electron chi connectivity index (χ3n) is 8.52. The Morgan fingerprint density at radius 2 is 1.68 bits per heavy atom. The molecule has 6 nitrogen and oxygen atoms in total. The average Bonchev–Trinajstić information content (AvgIpc) is 2.98. The van der Waals surface area contributed by atoms with E-state index in [-0.39, 0.29) is 6.04 Å². The van der Waals surface area contributed by atoms with Gasteiger partial charge in [-0.15, -0.1) is 0 Å². The second-order valence-electron chi connectivity index (χ2n) is 11.2. The van der Waals surface area contributed by atoms with Crippen LogP contribution in [-0.2, 0) is 28.9 Å². The molecule has 0 heterocycles. The van der Waals surface area contributed by atoms with E-state index in [1.54, 1.807) is 14.2 Å². The monoisotopic (exact) mass is 548 g/mol. The molecule has 0 spiro atoms. The summed E-state index contributed by atoms with van der Waals surface area (Å²) in [5.74, 6) is 3.67. The van der Waals surface area contributed by atoms with Crippen molar-refractivity contribution in [3.05, 3.63) is 82.8 Å². The quantitative estimate of drug-likeness (QED) is 0.304. The molecule has 6 heteroatoms. The number of ether oxygens (including phenoxy) is 3. The first-order chi connectivity index (χ1) is 19.4. The van der Waals surface area contributed by atoms with Gasteiger partial charge in [0.25, 0.3) is 0 Å². The summed E-state index contributed by atoms with van der Waals surface area (Å²) in [6.07, 6.45) is 10.0. The molecule has 2 aliphatic rings. The van der Waals surface area contributed by atoms with E-state index in [0.717, 1.165) is 62.7 Å². The van der Waals surface area contributed by atoms with Crippen LogP contribution in [-0.4, -0.2) is 68.5 Å². The zero-order valence-corrected chi connectivity index (χ0v) is 25.1. The first-order valence-electron chi connectivity index (χ1n) is 14.9. The number of aromatic hydroxyl groups is 1. The van der Waals surface area contributed by atoms with E-state index in [1.807, 2.05) is 12.1 Å². The van der Waals surface area contributed by atoms with E-state index in [0.29, 0.717) is 24.2 Å². The number of methoxy groups -OCH3 is 2. The number of phenolic OH excluding ortho intramolecular Hbond substituents is 1. The Morgan fingerprint density at radius 3 is 2.38 bits per heavy atom. The summed E-state index contributed by atoms with van der Waals surface area (Å²) in [6, 6.07) is 14.6. The van der Waals surface area contributed by atoms with Crippen molar-refractivity contribution in [2.24, 2.45) is 11.8 Å². The number of phenols is 1. The molecule has 40 heavy (non-hydrogen) atoms. The summed E-state index contributed by atoms with van der Waals surface area (Å²) in [6.45, 7) is 8.98. The number of unbranched alkanes of at least 4 members (excludes halogenated alkanes) is 1. The minimum Gasteiger partial charge on any atom is -0.508 e. The zero-order valence-electron chi connectivity index (χ0n) is 25.1. The van der Waals surface area contributed by atoms with Gasteiger partial charge in [-0.1, -0.05) is 38.5 Å². The first-order valence-corrected chi connectivity index (χ1v) is 14.9. The summed E-state index contributed by atoms with van der Waals surface area (Å²) in [5.41, 5.74) is 3.89. The highest BCUT2D eigenvalue weighted by Gasteiger charge is 2.37. The Labute approximate surface area is 241 Å². The third kappa shape index (κ3) is 7.61. The van der Waals surface area contributed by atoms with E-state index in [4.69, 9.17) is 14.2 Å². The Kier molecular flexibility index (Phi) is 11.0. The van der Waals surface area contributed by atoms with Gasteiger partial charge in [-0.25, -0.2) is 0 Å². The largest absolute Gasteiger partial charge is 0.508 e. The van der Waals surface area contributed by atoms with E-state index < -0.39 is 0 Å². The third-order valence-corrected chi connectivity index (χ3v) is 8.52. The van der Waals surface area contributed by atoms with Gasteiger partial charge in [0, 0.05) is 25.0 Å². The summed E-state index contributed by atoms with van der Waals surface area (Å²) in [5, 5.41) is 9.96. The topological polar surface area (TPSA) is 54.4 Å². The standard InChI is InChI=1S/C34H48N2O4/c1-6-8-17-35(3)18-19-40-30-15-9-25(10-16-30)24-36(7-2)32-23-34(39-5)33(38-4)22-31(32)28-12-11-27-21-29(37)14-13-26(27)20-28/h9-10,13-16,21-23,28,31-32,37H,6-8,11-12,17-20,24H2,1-5H3/t28-,31?,32?/m1/s1. The van der Waals surface area contributed by atoms with Crippen LogP contribution >= 0.6 is 0 Å². The molecular formula is C34H48N2O4. The average molecular weight is 549 g/mol. The number of hydrogen-bond acceptors (Lipinski definition) is 6. The molecule has 218 valence electrons. The van der Waals surface area contributed by atoms with Gasteiger partial charge in [-0.3, -0.25) is 4.90 Å². The van der Waals surface area contributed by atoms with Crippen LogP contribution in [0.3, 0.4) is 0 Å². The van der Waals surface area contributed by atoms with Crippen LogP contribution in [0.25, 0.3) is 0 Å². The summed E-state index contributed by atoms with van der Waals surface area (Å²) in [7, 11) is 5.60. The normalized spacial score (nSPS) is 20.6. The highest BCUT2D eigenvalue weighted by molar-refractivity contribution is 5.38. The molecule has 3 atom stereocenters. The lowest BCUT2D eigenvalue weighted by Crippen LogP contribution is -2.44. The fourth-order valence-electron chi connectivity index (χ4n) is 6.12. The summed E-state index contributed by atoms with van der Waals surface area (Å²) >= 11 is 0. The van der Waals surface area contributed by atoms with Gasteiger partial charge in [0.15, 0.2) is 11.5 Å². The molecule has 2 aliphatic carbocycles. The lowest BCUT2D eigenvalue weighted by molar-refractivity contribution is 0.132. The number of aryl methyl sites for hydroxylation is 1. The summed E-state index contributed by atoms with van der Waals surface area (Å²) in [4.78, 5) is 4.87. The maximum atomic E-state index is 9.96. The lowest BCUT2D eigenvalue weighted by atomic mass is 9.72. The number of hydrogen-bond donors (Lipinski definition) is 1. The Balaban J connectivity index is 1.46. The molecule has 0 aliphatic heterocycles. The molecular weight excluding hydrogens is 500 g/mol. The van der Waals surface area contributed by atoms with Crippen molar-refractivity contribution in [3.8, 4) is 11.5 Å². The van der Waals surface area contributed by atoms with Crippen LogP contribution in [0.15, 0.2) is 66.1 Å². The molecule has 0 saturated heterocycles. The van der Waals surface area contributed by atoms with Gasteiger partial charge in [0.1, 0.15) is 18.1 Å². The Bertz CT molecular complexity index is 1140. The minimum absolute atomic E-state index is 0.192. The fraction of sp³-hybridized carbons (Fsp3) is 0.529. The number of nitrogens with zero attached hydrogens (tertiary/aromatic N) is 2. The molecule has 0 bridgehead atoms. The second kappa shape index (κ2) is 14.6. The van der Waals surface area contributed by atoms with E-state index in [9.17, 15) is 5.11 Å². The highest BCUT2D eigenvalue weighted by Crippen LogP contribution is 2.39. The van der Waals surface area contributed by atoms with Crippen molar-refractivity contribution >= 4 is 0 Å². The zero-order chi connectivity index (χ0) is 28.5. The SMILES string of the molecule is CCCCN(C)CCOc1ccc(CN(CC)C2C=C(OC)C(OC)=CC2[C@@H]2CCc3cc(O)ccc3C2)cc1. The maximum absolute atomic E-state index is 9.96. The minimum atomic E-state index is 0.192. The first kappa shape index (κ1) is 30.0. The Morgan fingerprint density at radius 1 is 0.925 bits per heavy atom. The Hall–Kier alpha value is -2.96. The van der Waals surface area contributed by atoms with E-state index in [2.05, 4.69) is 73.2 Å². The summed E-state index contributed by atoms with van der Waals surface area (Å²) < 4.78 is 17.5. The molecule has 0 amide bonds. The van der Waals surface area contributed by atoms with Gasteiger partial charge in [-0.05, 0) is 105 Å². The van der Waals surface area contributed by atoms with Crippen LogP contribution in [0.4, 0.5) is 0 Å². The number of benzene rings is 2. The smallest absolute Gasteiger partial charge is 0.158 e. The van der Waals surface area contributed by atoms with Crippen LogP contribution in [0.1, 0.15) is 49.8 Å². The fourth-order valence-corrected chi connectivity index (χ4v) is 6.12. The van der Waals surface area contributed by atoms with Crippen LogP contribution in [0.2, 0.25) is 0 Å². The number of rotatable bonds is 14. The molecule has 4 rings (SSSR count). The molecule has 2 aromatic carbocycles. The van der Waals surface area contributed by atoms with Gasteiger partial charge in [0.2, 0.25) is 0 Å². The molecule has 2 aromatic rings. The maximum Gasteiger partial charge on any atom is 0.158 e.